The standard InChI is InChI=1S/C20H25N5/c1-3-17-11-19(23-20(21)22-17)24-12-16-9-10-25(18(16)13-24)14(2)15-7-5-4-6-8-15/h4-8,11,13-14,16H,3,9-10,12H2,1-2H3,(H2,21,22,23). The van der Waals surface area contributed by atoms with Gasteiger partial charge >= 0.3 is 0 Å². The van der Waals surface area contributed by atoms with Gasteiger partial charge in [-0.1, -0.05) is 37.3 Å². The number of aromatic nitrogens is 2. The van der Waals surface area contributed by atoms with Crippen molar-refractivity contribution in [1.82, 2.24) is 14.9 Å². The van der Waals surface area contributed by atoms with E-state index in [-0.39, 0.29) is 0 Å². The summed E-state index contributed by atoms with van der Waals surface area (Å²) >= 11 is 0. The van der Waals surface area contributed by atoms with Gasteiger partial charge in [-0.05, 0) is 25.3 Å². The maximum absolute atomic E-state index is 5.89. The van der Waals surface area contributed by atoms with Crippen molar-refractivity contribution in [1.29, 1.82) is 0 Å². The third-order valence-corrected chi connectivity index (χ3v) is 5.36. The summed E-state index contributed by atoms with van der Waals surface area (Å²) in [6, 6.07) is 13.2. The van der Waals surface area contributed by atoms with Gasteiger partial charge in [0.05, 0.1) is 6.04 Å². The average molecular weight is 335 g/mol. The number of rotatable bonds is 4. The van der Waals surface area contributed by atoms with E-state index in [1.165, 1.54) is 17.7 Å². The van der Waals surface area contributed by atoms with Crippen molar-refractivity contribution < 1.29 is 0 Å². The molecule has 1 fully saturated rings. The molecule has 130 valence electrons. The highest BCUT2D eigenvalue weighted by atomic mass is 15.3. The first-order chi connectivity index (χ1) is 12.2. The molecule has 2 unspecified atom stereocenters. The lowest BCUT2D eigenvalue weighted by Crippen LogP contribution is -2.22. The number of likely N-dealkylation sites (tertiary alicyclic amines) is 1. The van der Waals surface area contributed by atoms with Gasteiger partial charge in [0.15, 0.2) is 0 Å². The highest BCUT2D eigenvalue weighted by Gasteiger charge is 2.37. The molecule has 5 nitrogen and oxygen atoms in total. The molecule has 2 atom stereocenters. The second-order valence-electron chi connectivity index (χ2n) is 6.90. The van der Waals surface area contributed by atoms with E-state index in [1.807, 2.05) is 0 Å². The molecule has 4 rings (SSSR count). The zero-order valence-electron chi connectivity index (χ0n) is 14.9. The SMILES string of the molecule is CCc1cc(N2C=C3C(CCN3C(C)c3ccccc3)C2)nc(N)n1. The van der Waals surface area contributed by atoms with Crippen LogP contribution in [-0.2, 0) is 6.42 Å². The van der Waals surface area contributed by atoms with E-state index in [0.29, 0.717) is 17.9 Å². The number of hydrogen-bond donors (Lipinski definition) is 1. The zero-order valence-corrected chi connectivity index (χ0v) is 14.9. The Balaban J connectivity index is 1.60. The Labute approximate surface area is 149 Å². The second-order valence-corrected chi connectivity index (χ2v) is 6.90. The molecule has 2 aliphatic heterocycles. The van der Waals surface area contributed by atoms with Crippen molar-refractivity contribution >= 4 is 11.8 Å². The van der Waals surface area contributed by atoms with E-state index in [4.69, 9.17) is 5.73 Å². The molecule has 2 N–H and O–H groups in total. The zero-order chi connectivity index (χ0) is 17.4. The molecular weight excluding hydrogens is 310 g/mol. The van der Waals surface area contributed by atoms with Crippen molar-refractivity contribution in [3.05, 3.63) is 59.6 Å². The monoisotopic (exact) mass is 335 g/mol. The van der Waals surface area contributed by atoms with Crippen molar-refractivity contribution in [3.63, 3.8) is 0 Å². The summed E-state index contributed by atoms with van der Waals surface area (Å²) < 4.78 is 0. The van der Waals surface area contributed by atoms with E-state index < -0.39 is 0 Å². The van der Waals surface area contributed by atoms with E-state index in [1.54, 1.807) is 0 Å². The number of aryl methyl sites for hydroxylation is 1. The minimum Gasteiger partial charge on any atom is -0.368 e. The Kier molecular flexibility index (Phi) is 4.07. The molecule has 5 heteroatoms. The summed E-state index contributed by atoms with van der Waals surface area (Å²) in [5, 5.41) is 0. The maximum atomic E-state index is 5.89. The third-order valence-electron chi connectivity index (χ3n) is 5.36. The Morgan fingerprint density at radius 2 is 2.04 bits per heavy atom. The Bertz CT molecular complexity index is 786. The highest BCUT2D eigenvalue weighted by molar-refractivity contribution is 5.50. The molecule has 1 aromatic heterocycles. The molecular formula is C20H25N5. The Hall–Kier alpha value is -2.56. The summed E-state index contributed by atoms with van der Waals surface area (Å²) in [5.41, 5.74) is 9.67. The van der Waals surface area contributed by atoms with E-state index in [2.05, 4.69) is 76.2 Å². The fourth-order valence-electron chi connectivity index (χ4n) is 3.94. The largest absolute Gasteiger partial charge is 0.368 e. The van der Waals surface area contributed by atoms with Gasteiger partial charge in [-0.25, -0.2) is 4.98 Å². The molecule has 1 saturated heterocycles. The number of nitrogens with two attached hydrogens (primary N) is 1. The Morgan fingerprint density at radius 3 is 2.80 bits per heavy atom. The van der Waals surface area contributed by atoms with E-state index in [9.17, 15) is 0 Å². The van der Waals surface area contributed by atoms with E-state index >= 15 is 0 Å². The molecule has 2 aromatic rings. The third kappa shape index (κ3) is 2.95. The second kappa shape index (κ2) is 6.39. The number of fused-ring (bicyclic) bond motifs is 1. The summed E-state index contributed by atoms with van der Waals surface area (Å²) in [6.07, 6.45) is 4.32. The minimum atomic E-state index is 0.360. The van der Waals surface area contributed by atoms with Crippen LogP contribution in [0.15, 0.2) is 48.3 Å². The van der Waals surface area contributed by atoms with Gasteiger partial charge in [-0.2, -0.15) is 4.98 Å². The highest BCUT2D eigenvalue weighted by Crippen LogP contribution is 2.40. The fourth-order valence-corrected chi connectivity index (χ4v) is 3.94. The van der Waals surface area contributed by atoms with Crippen LogP contribution in [-0.4, -0.2) is 28.0 Å². The molecule has 25 heavy (non-hydrogen) atoms. The molecule has 3 heterocycles. The van der Waals surface area contributed by atoms with Gasteiger partial charge in [0, 0.05) is 42.7 Å². The number of nitrogens with zero attached hydrogens (tertiary/aromatic N) is 4. The molecule has 0 aliphatic carbocycles. The van der Waals surface area contributed by atoms with Crippen LogP contribution in [0.3, 0.4) is 0 Å². The first-order valence-corrected chi connectivity index (χ1v) is 9.09. The predicted octanol–water partition coefficient (Wildman–Crippen LogP) is 3.37. The van der Waals surface area contributed by atoms with Crippen LogP contribution in [0.25, 0.3) is 0 Å². The molecule has 2 aliphatic rings. The van der Waals surface area contributed by atoms with Crippen LogP contribution in [0.2, 0.25) is 0 Å². The van der Waals surface area contributed by atoms with Crippen LogP contribution >= 0.6 is 0 Å². The minimum absolute atomic E-state index is 0.360. The lowest BCUT2D eigenvalue weighted by atomic mass is 10.1. The summed E-state index contributed by atoms with van der Waals surface area (Å²) in [4.78, 5) is 13.5. The number of anilines is 2. The molecule has 0 saturated carbocycles. The number of nitrogen functional groups attached to an aromatic ring is 1. The molecule has 1 aromatic carbocycles. The summed E-state index contributed by atoms with van der Waals surface area (Å²) in [5.74, 6) is 1.85. The van der Waals surface area contributed by atoms with Gasteiger partial charge in [0.2, 0.25) is 5.95 Å². The molecule has 0 bridgehead atoms. The van der Waals surface area contributed by atoms with Crippen molar-refractivity contribution in [2.45, 2.75) is 32.7 Å². The molecule has 0 amide bonds. The quantitative estimate of drug-likeness (QED) is 0.928. The Morgan fingerprint density at radius 1 is 1.24 bits per heavy atom. The predicted molar refractivity (Wildman–Crippen MR) is 101 cm³/mol. The van der Waals surface area contributed by atoms with Crippen LogP contribution in [0, 0.1) is 5.92 Å². The van der Waals surface area contributed by atoms with Crippen LogP contribution in [0.4, 0.5) is 11.8 Å². The van der Waals surface area contributed by atoms with Gasteiger partial charge in [0.1, 0.15) is 5.82 Å². The lowest BCUT2D eigenvalue weighted by molar-refractivity contribution is 0.308. The van der Waals surface area contributed by atoms with Gasteiger partial charge in [0.25, 0.3) is 0 Å². The first-order valence-electron chi connectivity index (χ1n) is 9.09. The van der Waals surface area contributed by atoms with Crippen LogP contribution in [0.5, 0.6) is 0 Å². The average Bonchev–Trinajstić information content (AvgIpc) is 3.22. The van der Waals surface area contributed by atoms with Gasteiger partial charge < -0.3 is 15.5 Å². The summed E-state index contributed by atoms with van der Waals surface area (Å²) in [7, 11) is 0. The molecule has 0 spiro atoms. The van der Waals surface area contributed by atoms with Crippen molar-refractivity contribution in [2.75, 3.05) is 23.7 Å². The lowest BCUT2D eigenvalue weighted by Gasteiger charge is -2.28. The van der Waals surface area contributed by atoms with Crippen molar-refractivity contribution in [3.8, 4) is 0 Å². The smallest absolute Gasteiger partial charge is 0.222 e. The number of hydrogen-bond acceptors (Lipinski definition) is 5. The summed E-state index contributed by atoms with van der Waals surface area (Å²) in [6.45, 7) is 6.48. The van der Waals surface area contributed by atoms with Gasteiger partial charge in [-0.3, -0.25) is 0 Å². The van der Waals surface area contributed by atoms with E-state index in [0.717, 1.165) is 31.0 Å². The molecule has 0 radical (unpaired) electrons. The van der Waals surface area contributed by atoms with Crippen LogP contribution < -0.4 is 10.6 Å². The normalized spacial score (nSPS) is 20.6. The number of benzene rings is 1. The maximum Gasteiger partial charge on any atom is 0.222 e. The fraction of sp³-hybridized carbons (Fsp3) is 0.400. The topological polar surface area (TPSA) is 58.3 Å². The van der Waals surface area contributed by atoms with Gasteiger partial charge in [-0.15, -0.1) is 0 Å². The van der Waals surface area contributed by atoms with Crippen molar-refractivity contribution in [2.24, 2.45) is 5.92 Å². The van der Waals surface area contributed by atoms with Crippen LogP contribution in [0.1, 0.15) is 37.6 Å². The first kappa shape index (κ1) is 15.9.